The first-order valence-electron chi connectivity index (χ1n) is 8.85. The highest BCUT2D eigenvalue weighted by Crippen LogP contribution is 2.36. The minimum absolute atomic E-state index is 0.0694. The molecule has 1 aromatic carbocycles. The number of rotatable bonds is 4. The second-order valence-electron chi connectivity index (χ2n) is 6.57. The fraction of sp³-hybridized carbons (Fsp3) is 0.300. The smallest absolute Gasteiger partial charge is 0.267 e. The molecule has 0 aliphatic heterocycles. The zero-order valence-electron chi connectivity index (χ0n) is 14.6. The molecule has 4 rings (SSSR count). The maximum absolute atomic E-state index is 12.7. The minimum atomic E-state index is -0.0694. The van der Waals surface area contributed by atoms with Crippen LogP contribution in [0.3, 0.4) is 0 Å². The van der Waals surface area contributed by atoms with Gasteiger partial charge in [-0.1, -0.05) is 25.0 Å². The van der Waals surface area contributed by atoms with E-state index in [4.69, 9.17) is 0 Å². The molecule has 2 heterocycles. The number of aromatic nitrogens is 3. The predicted octanol–water partition coefficient (Wildman–Crippen LogP) is 4.82. The van der Waals surface area contributed by atoms with Crippen molar-refractivity contribution in [3.05, 3.63) is 58.4 Å². The van der Waals surface area contributed by atoms with Gasteiger partial charge < -0.3 is 5.32 Å². The average Bonchev–Trinajstić information content (AvgIpc) is 3.33. The van der Waals surface area contributed by atoms with Crippen molar-refractivity contribution in [3.8, 4) is 11.3 Å². The fourth-order valence-corrected chi connectivity index (χ4v) is 4.21. The van der Waals surface area contributed by atoms with Gasteiger partial charge in [-0.2, -0.15) is 0 Å². The second kappa shape index (κ2) is 7.33. The van der Waals surface area contributed by atoms with Gasteiger partial charge in [0.05, 0.1) is 16.9 Å². The van der Waals surface area contributed by atoms with Gasteiger partial charge in [0, 0.05) is 23.4 Å². The summed E-state index contributed by atoms with van der Waals surface area (Å²) in [6.45, 7) is 1.87. The SMILES string of the molecule is Cc1nccc(-c2ccc(NC(=O)c3scnc3C3CCCC3)cc2)n1. The van der Waals surface area contributed by atoms with E-state index in [1.807, 2.05) is 37.3 Å². The zero-order valence-corrected chi connectivity index (χ0v) is 15.4. The molecule has 0 atom stereocenters. The number of nitrogens with one attached hydrogen (secondary N) is 1. The Kier molecular flexibility index (Phi) is 4.75. The highest BCUT2D eigenvalue weighted by Gasteiger charge is 2.25. The monoisotopic (exact) mass is 364 g/mol. The molecule has 1 fully saturated rings. The van der Waals surface area contributed by atoms with Crippen molar-refractivity contribution in [3.63, 3.8) is 0 Å². The van der Waals surface area contributed by atoms with Gasteiger partial charge in [0.1, 0.15) is 10.7 Å². The number of benzene rings is 1. The predicted molar refractivity (Wildman–Crippen MR) is 103 cm³/mol. The van der Waals surface area contributed by atoms with Gasteiger partial charge >= 0.3 is 0 Å². The molecule has 3 aromatic rings. The fourth-order valence-electron chi connectivity index (χ4n) is 3.44. The number of hydrogen-bond acceptors (Lipinski definition) is 5. The Bertz CT molecular complexity index is 914. The van der Waals surface area contributed by atoms with Crippen LogP contribution in [-0.2, 0) is 0 Å². The van der Waals surface area contributed by atoms with Gasteiger partial charge in [0.15, 0.2) is 0 Å². The summed E-state index contributed by atoms with van der Waals surface area (Å²) >= 11 is 1.43. The highest BCUT2D eigenvalue weighted by molar-refractivity contribution is 7.12. The van der Waals surface area contributed by atoms with Crippen molar-refractivity contribution in [2.24, 2.45) is 0 Å². The summed E-state index contributed by atoms with van der Waals surface area (Å²) in [7, 11) is 0. The van der Waals surface area contributed by atoms with E-state index in [2.05, 4.69) is 20.3 Å². The molecule has 1 N–H and O–H groups in total. The third-order valence-electron chi connectivity index (χ3n) is 4.76. The lowest BCUT2D eigenvalue weighted by atomic mass is 10.0. The molecule has 132 valence electrons. The Morgan fingerprint density at radius 2 is 1.88 bits per heavy atom. The molecule has 1 aliphatic rings. The van der Waals surface area contributed by atoms with Gasteiger partial charge in [-0.3, -0.25) is 4.79 Å². The molecular weight excluding hydrogens is 344 g/mol. The van der Waals surface area contributed by atoms with Gasteiger partial charge in [-0.25, -0.2) is 15.0 Å². The third-order valence-corrected chi connectivity index (χ3v) is 5.60. The van der Waals surface area contributed by atoms with Crippen molar-refractivity contribution in [2.45, 2.75) is 38.5 Å². The van der Waals surface area contributed by atoms with Crippen LogP contribution in [0.5, 0.6) is 0 Å². The summed E-state index contributed by atoms with van der Waals surface area (Å²) in [6, 6.07) is 9.61. The second-order valence-corrected chi connectivity index (χ2v) is 7.42. The molecule has 0 bridgehead atoms. The molecule has 1 saturated carbocycles. The third kappa shape index (κ3) is 3.51. The van der Waals surface area contributed by atoms with Crippen LogP contribution in [-0.4, -0.2) is 20.9 Å². The summed E-state index contributed by atoms with van der Waals surface area (Å²) in [5, 5.41) is 3.00. The summed E-state index contributed by atoms with van der Waals surface area (Å²) in [4.78, 5) is 26.4. The molecular formula is C20H20N4OS. The molecule has 2 aromatic heterocycles. The van der Waals surface area contributed by atoms with E-state index in [0.29, 0.717) is 5.92 Å². The normalized spacial score (nSPS) is 14.5. The number of thiazole rings is 1. The molecule has 1 amide bonds. The van der Waals surface area contributed by atoms with Gasteiger partial charge in [0.25, 0.3) is 5.91 Å². The van der Waals surface area contributed by atoms with Crippen molar-refractivity contribution < 1.29 is 4.79 Å². The summed E-state index contributed by atoms with van der Waals surface area (Å²) in [6.07, 6.45) is 6.48. The number of nitrogens with zero attached hydrogens (tertiary/aromatic N) is 3. The minimum Gasteiger partial charge on any atom is -0.321 e. The van der Waals surface area contributed by atoms with Crippen molar-refractivity contribution >= 4 is 22.9 Å². The summed E-state index contributed by atoms with van der Waals surface area (Å²) in [5.41, 5.74) is 5.40. The Morgan fingerprint density at radius 1 is 1.12 bits per heavy atom. The molecule has 0 unspecified atom stereocenters. The van der Waals surface area contributed by atoms with Crippen LogP contribution in [0.1, 0.15) is 52.8 Å². The van der Waals surface area contributed by atoms with Crippen LogP contribution in [0.4, 0.5) is 5.69 Å². The van der Waals surface area contributed by atoms with E-state index in [1.54, 1.807) is 11.7 Å². The number of amides is 1. The number of hydrogen-bond donors (Lipinski definition) is 1. The standard InChI is InChI=1S/C20H20N4OS/c1-13-21-11-10-17(23-13)14-6-8-16(9-7-14)24-20(25)19-18(22-12-26-19)15-4-2-3-5-15/h6-12,15H,2-5H2,1H3,(H,24,25). The summed E-state index contributed by atoms with van der Waals surface area (Å²) in [5.74, 6) is 1.11. The van der Waals surface area contributed by atoms with E-state index >= 15 is 0 Å². The van der Waals surface area contributed by atoms with Crippen LogP contribution in [0, 0.1) is 6.92 Å². The number of anilines is 1. The topological polar surface area (TPSA) is 67.8 Å². The van der Waals surface area contributed by atoms with Crippen molar-refractivity contribution in [1.82, 2.24) is 15.0 Å². The van der Waals surface area contributed by atoms with Crippen LogP contribution in [0.15, 0.2) is 42.0 Å². The van der Waals surface area contributed by atoms with Gasteiger partial charge in [-0.05, 0) is 38.0 Å². The van der Waals surface area contributed by atoms with Gasteiger partial charge in [-0.15, -0.1) is 11.3 Å². The quantitative estimate of drug-likeness (QED) is 0.721. The first kappa shape index (κ1) is 16.8. The van der Waals surface area contributed by atoms with Crippen LogP contribution in [0.25, 0.3) is 11.3 Å². The zero-order chi connectivity index (χ0) is 17.9. The first-order valence-corrected chi connectivity index (χ1v) is 9.73. The number of carbonyl (C=O) groups is 1. The Labute approximate surface area is 156 Å². The Morgan fingerprint density at radius 3 is 2.62 bits per heavy atom. The Hall–Kier alpha value is -2.60. The van der Waals surface area contributed by atoms with Crippen LogP contribution >= 0.6 is 11.3 Å². The van der Waals surface area contributed by atoms with Crippen molar-refractivity contribution in [2.75, 3.05) is 5.32 Å². The molecule has 6 heteroatoms. The van der Waals surface area contributed by atoms with Crippen LogP contribution in [0.2, 0.25) is 0 Å². The maximum atomic E-state index is 12.7. The van der Waals surface area contributed by atoms with Crippen molar-refractivity contribution in [1.29, 1.82) is 0 Å². The lowest BCUT2D eigenvalue weighted by Gasteiger charge is -2.10. The molecule has 0 spiro atoms. The van der Waals surface area contributed by atoms with Gasteiger partial charge in [0.2, 0.25) is 0 Å². The lowest BCUT2D eigenvalue weighted by Crippen LogP contribution is -2.13. The van der Waals surface area contributed by atoms with E-state index < -0.39 is 0 Å². The molecule has 1 aliphatic carbocycles. The largest absolute Gasteiger partial charge is 0.321 e. The Balaban J connectivity index is 1.49. The lowest BCUT2D eigenvalue weighted by molar-refractivity contribution is 0.102. The number of aryl methyl sites for hydroxylation is 1. The van der Waals surface area contributed by atoms with E-state index in [9.17, 15) is 4.79 Å². The molecule has 0 radical (unpaired) electrons. The van der Waals surface area contributed by atoms with Crippen LogP contribution < -0.4 is 5.32 Å². The first-order chi connectivity index (χ1) is 12.7. The molecule has 5 nitrogen and oxygen atoms in total. The van der Waals surface area contributed by atoms with E-state index in [1.165, 1.54) is 24.2 Å². The van der Waals surface area contributed by atoms with E-state index in [0.717, 1.165) is 46.2 Å². The molecule has 26 heavy (non-hydrogen) atoms. The maximum Gasteiger partial charge on any atom is 0.267 e. The van der Waals surface area contributed by atoms with E-state index in [-0.39, 0.29) is 5.91 Å². The summed E-state index contributed by atoms with van der Waals surface area (Å²) < 4.78 is 0. The average molecular weight is 364 g/mol. The highest BCUT2D eigenvalue weighted by atomic mass is 32.1. The number of carbonyl (C=O) groups excluding carboxylic acids is 1. The molecule has 0 saturated heterocycles.